The molecule has 0 saturated heterocycles. The molecule has 148 valence electrons. The predicted octanol–water partition coefficient (Wildman–Crippen LogP) is 3.67. The number of nitrogens with one attached hydrogen (secondary N) is 2. The Balaban J connectivity index is 1.58. The van der Waals surface area contributed by atoms with Crippen LogP contribution in [0, 0.1) is 6.92 Å². The number of rotatable bonds is 5. The summed E-state index contributed by atoms with van der Waals surface area (Å²) in [6.07, 6.45) is 0. The zero-order valence-corrected chi connectivity index (χ0v) is 17.5. The van der Waals surface area contributed by atoms with Gasteiger partial charge in [-0.3, -0.25) is 10.2 Å². The molecule has 0 spiro atoms. The summed E-state index contributed by atoms with van der Waals surface area (Å²) < 4.78 is 26.4. The minimum atomic E-state index is -3.94. The van der Waals surface area contributed by atoms with E-state index in [0.717, 1.165) is 21.6 Å². The molecule has 2 aromatic heterocycles. The zero-order chi connectivity index (χ0) is 20.6. The van der Waals surface area contributed by atoms with Crippen LogP contribution in [0.4, 0.5) is 0 Å². The summed E-state index contributed by atoms with van der Waals surface area (Å²) in [5, 5.41) is 5.64. The van der Waals surface area contributed by atoms with Gasteiger partial charge in [-0.15, -0.1) is 16.2 Å². The zero-order valence-electron chi connectivity index (χ0n) is 15.1. The van der Waals surface area contributed by atoms with Gasteiger partial charge in [-0.25, -0.2) is 13.1 Å². The van der Waals surface area contributed by atoms with E-state index in [1.54, 1.807) is 16.8 Å². The van der Waals surface area contributed by atoms with Gasteiger partial charge in [0, 0.05) is 10.4 Å². The van der Waals surface area contributed by atoms with Crippen LogP contribution in [-0.4, -0.2) is 24.1 Å². The summed E-state index contributed by atoms with van der Waals surface area (Å²) in [5.74, 6) is -0.559. The number of para-hydroxylation sites is 1. The summed E-state index contributed by atoms with van der Waals surface area (Å²) in [5.41, 5.74) is 3.90. The highest BCUT2D eigenvalue weighted by atomic mass is 35.5. The molecule has 0 atom stereocenters. The van der Waals surface area contributed by atoms with Crippen molar-refractivity contribution in [3.63, 3.8) is 0 Å². The Morgan fingerprint density at radius 3 is 2.59 bits per heavy atom. The molecule has 0 saturated carbocycles. The van der Waals surface area contributed by atoms with Crippen molar-refractivity contribution in [2.45, 2.75) is 11.8 Å². The molecule has 1 amide bonds. The van der Waals surface area contributed by atoms with E-state index in [2.05, 4.69) is 15.4 Å². The predicted molar refractivity (Wildman–Crippen MR) is 113 cm³/mol. The third-order valence-electron chi connectivity index (χ3n) is 4.17. The van der Waals surface area contributed by atoms with Gasteiger partial charge in [-0.1, -0.05) is 35.9 Å². The lowest BCUT2D eigenvalue weighted by Crippen LogP contribution is -2.41. The number of benzene rings is 2. The van der Waals surface area contributed by atoms with Crippen molar-refractivity contribution in [3.8, 4) is 5.69 Å². The first-order chi connectivity index (χ1) is 13.8. The Bertz CT molecular complexity index is 1310. The van der Waals surface area contributed by atoms with Crippen molar-refractivity contribution in [1.82, 2.24) is 20.0 Å². The molecular weight excluding hydrogens is 432 g/mol. The number of nitrogens with zero attached hydrogens (tertiary/aromatic N) is 2. The molecule has 0 bridgehead atoms. The molecule has 0 unspecified atom stereocenters. The van der Waals surface area contributed by atoms with Crippen molar-refractivity contribution >= 4 is 49.1 Å². The molecule has 0 aliphatic heterocycles. The second-order valence-corrected chi connectivity index (χ2v) is 9.33. The van der Waals surface area contributed by atoms with Crippen LogP contribution in [-0.2, 0) is 10.0 Å². The number of amides is 1. The van der Waals surface area contributed by atoms with E-state index >= 15 is 0 Å². The summed E-state index contributed by atoms with van der Waals surface area (Å²) >= 11 is 7.07. The summed E-state index contributed by atoms with van der Waals surface area (Å²) in [7, 11) is -3.94. The van der Waals surface area contributed by atoms with E-state index in [1.807, 2.05) is 37.3 Å². The van der Waals surface area contributed by atoms with Crippen LogP contribution in [0.5, 0.6) is 0 Å². The van der Waals surface area contributed by atoms with E-state index in [4.69, 9.17) is 11.6 Å². The first-order valence-electron chi connectivity index (χ1n) is 8.47. The average molecular weight is 447 g/mol. The van der Waals surface area contributed by atoms with Crippen molar-refractivity contribution < 1.29 is 13.2 Å². The maximum absolute atomic E-state index is 12.5. The van der Waals surface area contributed by atoms with E-state index in [-0.39, 0.29) is 9.92 Å². The van der Waals surface area contributed by atoms with Crippen LogP contribution >= 0.6 is 22.9 Å². The molecule has 29 heavy (non-hydrogen) atoms. The fraction of sp³-hybridized carbons (Fsp3) is 0.0526. The van der Waals surface area contributed by atoms with Gasteiger partial charge in [0.2, 0.25) is 0 Å². The highest BCUT2D eigenvalue weighted by Crippen LogP contribution is 2.30. The first-order valence-corrected chi connectivity index (χ1v) is 11.2. The van der Waals surface area contributed by atoms with Gasteiger partial charge >= 0.3 is 0 Å². The number of aryl methyl sites for hydroxylation is 1. The maximum atomic E-state index is 12.5. The topological polar surface area (TPSA) is 93.1 Å². The van der Waals surface area contributed by atoms with Gasteiger partial charge in [0.1, 0.15) is 4.83 Å². The largest absolute Gasteiger partial charge is 0.276 e. The standard InChI is InChI=1S/C19H15ClN4O3S2/c1-12-16-11-17(28-19(16)24(22-12)14-7-3-2-4-8-14)18(25)21-23-29(26,27)15-9-5-6-13(20)10-15/h2-11,23H,1H3,(H,21,25). The smallest absolute Gasteiger partial charge is 0.273 e. The van der Waals surface area contributed by atoms with Crippen LogP contribution in [0.3, 0.4) is 0 Å². The van der Waals surface area contributed by atoms with Gasteiger partial charge in [0.15, 0.2) is 0 Å². The van der Waals surface area contributed by atoms with Gasteiger partial charge < -0.3 is 0 Å². The minimum absolute atomic E-state index is 0.0443. The number of sulfonamides is 1. The van der Waals surface area contributed by atoms with Gasteiger partial charge in [0.25, 0.3) is 15.9 Å². The normalized spacial score (nSPS) is 11.7. The second kappa shape index (κ2) is 7.60. The van der Waals surface area contributed by atoms with E-state index in [1.165, 1.54) is 29.5 Å². The number of carbonyl (C=O) groups is 1. The molecule has 2 N–H and O–H groups in total. The third-order valence-corrected chi connectivity index (χ3v) is 6.76. The Hall–Kier alpha value is -2.72. The number of aromatic nitrogens is 2. The van der Waals surface area contributed by atoms with Crippen LogP contribution in [0.2, 0.25) is 5.02 Å². The van der Waals surface area contributed by atoms with Crippen molar-refractivity contribution in [2.24, 2.45) is 0 Å². The lowest BCUT2D eigenvalue weighted by molar-refractivity contribution is 0.0949. The van der Waals surface area contributed by atoms with Crippen molar-refractivity contribution in [2.75, 3.05) is 0 Å². The van der Waals surface area contributed by atoms with Crippen LogP contribution < -0.4 is 10.3 Å². The highest BCUT2D eigenvalue weighted by Gasteiger charge is 2.20. The number of fused-ring (bicyclic) bond motifs is 1. The molecule has 2 aromatic carbocycles. The van der Waals surface area contributed by atoms with E-state index in [9.17, 15) is 13.2 Å². The van der Waals surface area contributed by atoms with Crippen molar-refractivity contribution in [1.29, 1.82) is 0 Å². The lowest BCUT2D eigenvalue weighted by atomic mass is 10.3. The van der Waals surface area contributed by atoms with Crippen LogP contribution in [0.25, 0.3) is 15.9 Å². The minimum Gasteiger partial charge on any atom is -0.273 e. The fourth-order valence-corrected chi connectivity index (χ4v) is 4.99. The lowest BCUT2D eigenvalue weighted by Gasteiger charge is -2.07. The third kappa shape index (κ3) is 3.90. The number of thiophene rings is 1. The van der Waals surface area contributed by atoms with Gasteiger partial charge in [0.05, 0.1) is 21.2 Å². The van der Waals surface area contributed by atoms with Crippen LogP contribution in [0.15, 0.2) is 65.6 Å². The number of hydrogen-bond donors (Lipinski definition) is 2. The molecule has 4 rings (SSSR count). The van der Waals surface area contributed by atoms with Gasteiger partial charge in [-0.05, 0) is 43.3 Å². The molecule has 2 heterocycles. The summed E-state index contributed by atoms with van der Waals surface area (Å²) in [4.78, 5) is 15.7. The molecule has 0 radical (unpaired) electrons. The number of hydrazine groups is 1. The Morgan fingerprint density at radius 2 is 1.86 bits per heavy atom. The summed E-state index contributed by atoms with van der Waals surface area (Å²) in [6.45, 7) is 1.86. The fourth-order valence-electron chi connectivity index (χ4n) is 2.77. The molecule has 4 aromatic rings. The Labute approximate surface area is 176 Å². The van der Waals surface area contributed by atoms with E-state index < -0.39 is 15.9 Å². The quantitative estimate of drug-likeness (QED) is 0.457. The molecule has 0 fully saturated rings. The number of hydrogen-bond acceptors (Lipinski definition) is 5. The van der Waals surface area contributed by atoms with Crippen molar-refractivity contribution in [3.05, 3.63) is 76.3 Å². The molecule has 10 heteroatoms. The van der Waals surface area contributed by atoms with E-state index in [0.29, 0.717) is 4.88 Å². The molecular formula is C19H15ClN4O3S2. The average Bonchev–Trinajstić information content (AvgIpc) is 3.28. The molecule has 7 nitrogen and oxygen atoms in total. The van der Waals surface area contributed by atoms with Crippen LogP contribution in [0.1, 0.15) is 15.4 Å². The second-order valence-electron chi connectivity index (χ2n) is 6.18. The number of halogens is 1. The van der Waals surface area contributed by atoms with Gasteiger partial charge in [-0.2, -0.15) is 5.10 Å². The Kier molecular flexibility index (Phi) is 5.13. The summed E-state index contributed by atoms with van der Waals surface area (Å²) in [6, 6.07) is 17.0. The molecule has 0 aliphatic rings. The SMILES string of the molecule is Cc1nn(-c2ccccc2)c2sc(C(=O)NNS(=O)(=O)c3cccc(Cl)c3)cc12. The Morgan fingerprint density at radius 1 is 1.10 bits per heavy atom. The monoisotopic (exact) mass is 446 g/mol. The number of carbonyl (C=O) groups excluding carboxylic acids is 1. The first kappa shape index (κ1) is 19.6. The molecule has 0 aliphatic carbocycles. The highest BCUT2D eigenvalue weighted by molar-refractivity contribution is 7.89. The maximum Gasteiger partial charge on any atom is 0.276 e.